The molecule has 1 heterocycles. The lowest BCUT2D eigenvalue weighted by atomic mass is 10.2. The molecule has 0 radical (unpaired) electrons. The van der Waals surface area contributed by atoms with E-state index in [-0.39, 0.29) is 16.9 Å². The van der Waals surface area contributed by atoms with Gasteiger partial charge in [0.25, 0.3) is 5.91 Å². The van der Waals surface area contributed by atoms with Gasteiger partial charge in [0.15, 0.2) is 0 Å². The van der Waals surface area contributed by atoms with Crippen LogP contribution in [0.3, 0.4) is 0 Å². The number of hydrogen-bond donors (Lipinski definition) is 2. The molecule has 2 amide bonds. The average molecular weight is 277 g/mol. The molecule has 2 aromatic rings. The van der Waals surface area contributed by atoms with Crippen LogP contribution in [0.2, 0.25) is 0 Å². The summed E-state index contributed by atoms with van der Waals surface area (Å²) in [5.74, 6) is -3.14. The van der Waals surface area contributed by atoms with Crippen molar-refractivity contribution in [3.05, 3.63) is 59.4 Å². The Hall–Kier alpha value is -2.83. The molecule has 1 aromatic heterocycles. The Morgan fingerprint density at radius 1 is 1.15 bits per heavy atom. The van der Waals surface area contributed by atoms with Gasteiger partial charge in [-0.1, -0.05) is 6.07 Å². The van der Waals surface area contributed by atoms with Gasteiger partial charge in [-0.05, 0) is 30.3 Å². The number of halogens is 2. The lowest BCUT2D eigenvalue weighted by molar-refractivity contribution is 0.0995. The fraction of sp³-hybridized carbons (Fsp3) is 0. The second-order valence-electron chi connectivity index (χ2n) is 3.86. The summed E-state index contributed by atoms with van der Waals surface area (Å²) in [6, 6.07) is 6.92. The monoisotopic (exact) mass is 277 g/mol. The molecule has 0 aliphatic rings. The van der Waals surface area contributed by atoms with E-state index in [1.807, 2.05) is 0 Å². The van der Waals surface area contributed by atoms with Crippen LogP contribution in [0.4, 0.5) is 14.5 Å². The Morgan fingerprint density at radius 3 is 2.55 bits per heavy atom. The first-order valence-corrected chi connectivity index (χ1v) is 5.50. The molecule has 102 valence electrons. The zero-order chi connectivity index (χ0) is 14.7. The predicted molar refractivity (Wildman–Crippen MR) is 67.1 cm³/mol. The quantitative estimate of drug-likeness (QED) is 0.837. The number of amides is 2. The van der Waals surface area contributed by atoms with Crippen molar-refractivity contribution in [1.82, 2.24) is 4.98 Å². The number of nitrogens with two attached hydrogens (primary N) is 1. The molecule has 7 heteroatoms. The number of hydrogen-bond acceptors (Lipinski definition) is 3. The minimum Gasteiger partial charge on any atom is -0.366 e. The van der Waals surface area contributed by atoms with Crippen molar-refractivity contribution in [1.29, 1.82) is 0 Å². The standard InChI is InChI=1S/C13H9F2N3O2/c14-8-5-4-7(12(16)19)6-10(8)18-13(20)9-2-1-3-11(15)17-9/h1-6H,(H2,16,19)(H,18,20). The summed E-state index contributed by atoms with van der Waals surface area (Å²) < 4.78 is 26.4. The minimum atomic E-state index is -0.830. The van der Waals surface area contributed by atoms with Crippen LogP contribution < -0.4 is 11.1 Å². The summed E-state index contributed by atoms with van der Waals surface area (Å²) in [6.07, 6.45) is 0. The number of nitrogens with one attached hydrogen (secondary N) is 1. The molecule has 0 unspecified atom stereocenters. The molecule has 3 N–H and O–H groups in total. The van der Waals surface area contributed by atoms with E-state index in [0.717, 1.165) is 18.2 Å². The van der Waals surface area contributed by atoms with Gasteiger partial charge >= 0.3 is 0 Å². The SMILES string of the molecule is NC(=O)c1ccc(F)c(NC(=O)c2cccc(F)n2)c1. The third-order valence-corrected chi connectivity index (χ3v) is 2.45. The number of rotatable bonds is 3. The first kappa shape index (κ1) is 13.6. The summed E-state index contributed by atoms with van der Waals surface area (Å²) in [4.78, 5) is 26.1. The van der Waals surface area contributed by atoms with E-state index in [1.54, 1.807) is 0 Å². The molecule has 0 fully saturated rings. The molecule has 2 rings (SSSR count). The van der Waals surface area contributed by atoms with E-state index in [9.17, 15) is 18.4 Å². The van der Waals surface area contributed by atoms with Gasteiger partial charge in [-0.25, -0.2) is 9.37 Å². The van der Waals surface area contributed by atoms with Gasteiger partial charge in [-0.3, -0.25) is 9.59 Å². The molecular weight excluding hydrogens is 268 g/mol. The number of carbonyl (C=O) groups excluding carboxylic acids is 2. The molecule has 0 atom stereocenters. The van der Waals surface area contributed by atoms with E-state index in [4.69, 9.17) is 5.73 Å². The zero-order valence-corrected chi connectivity index (χ0v) is 10.1. The maximum Gasteiger partial charge on any atom is 0.274 e. The van der Waals surface area contributed by atoms with Crippen LogP contribution in [0, 0.1) is 11.8 Å². The fourth-order valence-electron chi connectivity index (χ4n) is 1.50. The third-order valence-electron chi connectivity index (χ3n) is 2.45. The number of carbonyl (C=O) groups is 2. The van der Waals surface area contributed by atoms with Crippen LogP contribution >= 0.6 is 0 Å². The summed E-state index contributed by atoms with van der Waals surface area (Å²) in [7, 11) is 0. The number of benzene rings is 1. The van der Waals surface area contributed by atoms with Crippen molar-refractivity contribution in [2.24, 2.45) is 5.73 Å². The number of pyridine rings is 1. The highest BCUT2D eigenvalue weighted by molar-refractivity contribution is 6.03. The molecule has 0 saturated carbocycles. The molecular formula is C13H9F2N3O2. The van der Waals surface area contributed by atoms with Crippen molar-refractivity contribution in [2.45, 2.75) is 0 Å². The number of aromatic nitrogens is 1. The summed E-state index contributed by atoms with van der Waals surface area (Å²) in [5.41, 5.74) is 4.64. The predicted octanol–water partition coefficient (Wildman–Crippen LogP) is 1.71. The Bertz CT molecular complexity index is 689. The van der Waals surface area contributed by atoms with Gasteiger partial charge in [0, 0.05) is 5.56 Å². The maximum atomic E-state index is 13.5. The van der Waals surface area contributed by atoms with Crippen LogP contribution in [0.5, 0.6) is 0 Å². The van der Waals surface area contributed by atoms with Crippen LogP contribution in [-0.2, 0) is 0 Å². The summed E-state index contributed by atoms with van der Waals surface area (Å²) >= 11 is 0. The topological polar surface area (TPSA) is 85.1 Å². The van der Waals surface area contributed by atoms with Gasteiger partial charge in [0.2, 0.25) is 11.9 Å². The normalized spacial score (nSPS) is 10.1. The molecule has 0 aliphatic carbocycles. The van der Waals surface area contributed by atoms with E-state index >= 15 is 0 Å². The van der Waals surface area contributed by atoms with Gasteiger partial charge in [-0.2, -0.15) is 4.39 Å². The van der Waals surface area contributed by atoms with Gasteiger partial charge < -0.3 is 11.1 Å². The second-order valence-corrected chi connectivity index (χ2v) is 3.86. The van der Waals surface area contributed by atoms with E-state index in [2.05, 4.69) is 10.3 Å². The van der Waals surface area contributed by atoms with E-state index in [1.165, 1.54) is 18.2 Å². The number of nitrogens with zero attached hydrogens (tertiary/aromatic N) is 1. The first-order chi connectivity index (χ1) is 9.47. The number of anilines is 1. The average Bonchev–Trinajstić information content (AvgIpc) is 2.41. The lowest BCUT2D eigenvalue weighted by Crippen LogP contribution is -2.17. The van der Waals surface area contributed by atoms with Gasteiger partial charge in [0.1, 0.15) is 11.5 Å². The molecule has 1 aromatic carbocycles. The smallest absolute Gasteiger partial charge is 0.274 e. The summed E-state index contributed by atoms with van der Waals surface area (Å²) in [6.45, 7) is 0. The largest absolute Gasteiger partial charge is 0.366 e. The van der Waals surface area contributed by atoms with Crippen LogP contribution in [0.1, 0.15) is 20.8 Å². The highest BCUT2D eigenvalue weighted by Crippen LogP contribution is 2.16. The third kappa shape index (κ3) is 2.94. The molecule has 20 heavy (non-hydrogen) atoms. The van der Waals surface area contributed by atoms with Gasteiger partial charge in [0.05, 0.1) is 5.69 Å². The molecule has 0 spiro atoms. The molecule has 0 saturated heterocycles. The Labute approximate surface area is 112 Å². The zero-order valence-electron chi connectivity index (χ0n) is 10.1. The van der Waals surface area contributed by atoms with Crippen molar-refractivity contribution < 1.29 is 18.4 Å². The van der Waals surface area contributed by atoms with E-state index in [0.29, 0.717) is 0 Å². The first-order valence-electron chi connectivity index (χ1n) is 5.50. The molecule has 0 bridgehead atoms. The highest BCUT2D eigenvalue weighted by atomic mass is 19.1. The van der Waals surface area contributed by atoms with Crippen LogP contribution in [0.15, 0.2) is 36.4 Å². The lowest BCUT2D eigenvalue weighted by Gasteiger charge is -2.07. The van der Waals surface area contributed by atoms with Gasteiger partial charge in [-0.15, -0.1) is 0 Å². The Kier molecular flexibility index (Phi) is 3.69. The Balaban J connectivity index is 2.27. The van der Waals surface area contributed by atoms with Crippen LogP contribution in [-0.4, -0.2) is 16.8 Å². The number of primary amides is 1. The second kappa shape index (κ2) is 5.43. The summed E-state index contributed by atoms with van der Waals surface area (Å²) in [5, 5.41) is 2.20. The molecule has 5 nitrogen and oxygen atoms in total. The van der Waals surface area contributed by atoms with Crippen molar-refractivity contribution in [3.8, 4) is 0 Å². The minimum absolute atomic E-state index is 0.0360. The van der Waals surface area contributed by atoms with Crippen molar-refractivity contribution in [2.75, 3.05) is 5.32 Å². The van der Waals surface area contributed by atoms with Crippen LogP contribution in [0.25, 0.3) is 0 Å². The maximum absolute atomic E-state index is 13.5. The Morgan fingerprint density at radius 2 is 1.90 bits per heavy atom. The van der Waals surface area contributed by atoms with E-state index < -0.39 is 23.6 Å². The fourth-order valence-corrected chi connectivity index (χ4v) is 1.50. The molecule has 0 aliphatic heterocycles. The highest BCUT2D eigenvalue weighted by Gasteiger charge is 2.13. The van der Waals surface area contributed by atoms with Crippen molar-refractivity contribution >= 4 is 17.5 Å². The van der Waals surface area contributed by atoms with Crippen molar-refractivity contribution in [3.63, 3.8) is 0 Å².